The molecule has 1 aliphatic carbocycles. The fourth-order valence-corrected chi connectivity index (χ4v) is 1.63. The highest BCUT2D eigenvalue weighted by Gasteiger charge is 2.40. The molecule has 2 atom stereocenters. The molecule has 0 spiro atoms. The van der Waals surface area contributed by atoms with Crippen LogP contribution in [0, 0.1) is 5.41 Å². The molecular formula is C8H15NO. The maximum atomic E-state index is 11.1. The number of hydrogen-bond acceptors (Lipinski definition) is 2. The van der Waals surface area contributed by atoms with E-state index < -0.39 is 0 Å². The summed E-state index contributed by atoms with van der Waals surface area (Å²) in [5.74, 6) is 0.248. The SMILES string of the molecule is CC(=O)C1(C)CCCC1N. The van der Waals surface area contributed by atoms with E-state index in [4.69, 9.17) is 5.73 Å². The number of rotatable bonds is 1. The van der Waals surface area contributed by atoms with E-state index >= 15 is 0 Å². The first-order valence-electron chi connectivity index (χ1n) is 3.84. The third-order valence-electron chi connectivity index (χ3n) is 2.83. The van der Waals surface area contributed by atoms with Crippen molar-refractivity contribution in [3.8, 4) is 0 Å². The Labute approximate surface area is 61.8 Å². The average Bonchev–Trinajstić information content (AvgIpc) is 2.15. The zero-order chi connectivity index (χ0) is 7.78. The van der Waals surface area contributed by atoms with Crippen LogP contribution >= 0.6 is 0 Å². The van der Waals surface area contributed by atoms with Gasteiger partial charge in [0.15, 0.2) is 0 Å². The molecule has 0 aromatic heterocycles. The van der Waals surface area contributed by atoms with Gasteiger partial charge in [-0.3, -0.25) is 4.79 Å². The number of carbonyl (C=O) groups excluding carboxylic acids is 1. The molecule has 1 saturated carbocycles. The first-order chi connectivity index (χ1) is 4.57. The minimum absolute atomic E-state index is 0.102. The molecular weight excluding hydrogens is 126 g/mol. The Hall–Kier alpha value is -0.370. The van der Waals surface area contributed by atoms with Crippen LogP contribution in [0.15, 0.2) is 0 Å². The Morgan fingerprint density at radius 3 is 2.50 bits per heavy atom. The number of ketones is 1. The molecule has 1 aliphatic rings. The van der Waals surface area contributed by atoms with Crippen molar-refractivity contribution >= 4 is 5.78 Å². The summed E-state index contributed by atoms with van der Waals surface area (Å²) in [6.07, 6.45) is 3.09. The normalized spacial score (nSPS) is 40.1. The van der Waals surface area contributed by atoms with Gasteiger partial charge in [-0.2, -0.15) is 0 Å². The van der Waals surface area contributed by atoms with E-state index in [1.807, 2.05) is 6.92 Å². The molecule has 1 fully saturated rings. The van der Waals surface area contributed by atoms with Gasteiger partial charge in [-0.1, -0.05) is 13.3 Å². The van der Waals surface area contributed by atoms with Gasteiger partial charge in [0, 0.05) is 11.5 Å². The molecule has 2 unspecified atom stereocenters. The molecule has 0 aromatic rings. The van der Waals surface area contributed by atoms with Crippen LogP contribution in [0.2, 0.25) is 0 Å². The second kappa shape index (κ2) is 2.35. The summed E-state index contributed by atoms with van der Waals surface area (Å²) >= 11 is 0. The van der Waals surface area contributed by atoms with Crippen molar-refractivity contribution in [2.45, 2.75) is 39.2 Å². The van der Waals surface area contributed by atoms with Crippen LogP contribution in [0.4, 0.5) is 0 Å². The van der Waals surface area contributed by atoms with Crippen molar-refractivity contribution in [1.29, 1.82) is 0 Å². The van der Waals surface area contributed by atoms with Crippen LogP contribution in [0.3, 0.4) is 0 Å². The summed E-state index contributed by atoms with van der Waals surface area (Å²) in [6.45, 7) is 3.62. The zero-order valence-corrected chi connectivity index (χ0v) is 6.68. The van der Waals surface area contributed by atoms with Gasteiger partial charge in [0.25, 0.3) is 0 Å². The Bertz CT molecular complexity index is 155. The molecule has 2 heteroatoms. The predicted octanol–water partition coefficient (Wildman–Crippen LogP) is 1.09. The smallest absolute Gasteiger partial charge is 0.137 e. The molecule has 0 heterocycles. The molecule has 58 valence electrons. The molecule has 0 saturated heterocycles. The fourth-order valence-electron chi connectivity index (χ4n) is 1.63. The minimum atomic E-state index is -0.208. The highest BCUT2D eigenvalue weighted by molar-refractivity contribution is 5.83. The highest BCUT2D eigenvalue weighted by atomic mass is 16.1. The standard InChI is InChI=1S/C8H15NO/c1-6(10)8(2)5-3-4-7(8)9/h7H,3-5,9H2,1-2H3. The van der Waals surface area contributed by atoms with Gasteiger partial charge < -0.3 is 5.73 Å². The molecule has 10 heavy (non-hydrogen) atoms. The van der Waals surface area contributed by atoms with Crippen LogP contribution in [0.5, 0.6) is 0 Å². The Balaban J connectivity index is 2.75. The third-order valence-corrected chi connectivity index (χ3v) is 2.83. The molecule has 0 aliphatic heterocycles. The molecule has 0 amide bonds. The Morgan fingerprint density at radius 2 is 2.30 bits per heavy atom. The van der Waals surface area contributed by atoms with Crippen LogP contribution in [-0.2, 0) is 4.79 Å². The van der Waals surface area contributed by atoms with Crippen LogP contribution in [0.25, 0.3) is 0 Å². The molecule has 1 rings (SSSR count). The van der Waals surface area contributed by atoms with Gasteiger partial charge in [-0.05, 0) is 19.8 Å². The lowest BCUT2D eigenvalue weighted by molar-refractivity contribution is -0.125. The van der Waals surface area contributed by atoms with Gasteiger partial charge in [-0.25, -0.2) is 0 Å². The average molecular weight is 141 g/mol. The zero-order valence-electron chi connectivity index (χ0n) is 6.68. The molecule has 2 nitrogen and oxygen atoms in total. The fraction of sp³-hybridized carbons (Fsp3) is 0.875. The van der Waals surface area contributed by atoms with Gasteiger partial charge in [0.2, 0.25) is 0 Å². The summed E-state index contributed by atoms with van der Waals surface area (Å²) in [5.41, 5.74) is 5.58. The quantitative estimate of drug-likeness (QED) is 0.594. The van der Waals surface area contributed by atoms with Crippen molar-refractivity contribution in [3.05, 3.63) is 0 Å². The molecule has 2 N–H and O–H groups in total. The lowest BCUT2D eigenvalue weighted by Crippen LogP contribution is -2.39. The maximum Gasteiger partial charge on any atom is 0.137 e. The van der Waals surface area contributed by atoms with Crippen molar-refractivity contribution in [3.63, 3.8) is 0 Å². The van der Waals surface area contributed by atoms with E-state index in [0.29, 0.717) is 0 Å². The topological polar surface area (TPSA) is 43.1 Å². The molecule has 0 bridgehead atoms. The molecule has 0 aromatic carbocycles. The van der Waals surface area contributed by atoms with Crippen molar-refractivity contribution in [2.75, 3.05) is 0 Å². The summed E-state index contributed by atoms with van der Waals surface area (Å²) < 4.78 is 0. The largest absolute Gasteiger partial charge is 0.327 e. The summed E-state index contributed by atoms with van der Waals surface area (Å²) in [4.78, 5) is 11.1. The van der Waals surface area contributed by atoms with Crippen molar-refractivity contribution in [2.24, 2.45) is 11.1 Å². The Morgan fingerprint density at radius 1 is 1.70 bits per heavy atom. The second-order valence-corrected chi connectivity index (χ2v) is 3.47. The lowest BCUT2D eigenvalue weighted by atomic mass is 9.81. The number of nitrogens with two attached hydrogens (primary N) is 1. The van der Waals surface area contributed by atoms with Gasteiger partial charge >= 0.3 is 0 Å². The highest BCUT2D eigenvalue weighted by Crippen LogP contribution is 2.37. The first-order valence-corrected chi connectivity index (χ1v) is 3.84. The lowest BCUT2D eigenvalue weighted by Gasteiger charge is -2.25. The van der Waals surface area contributed by atoms with Gasteiger partial charge in [0.1, 0.15) is 5.78 Å². The van der Waals surface area contributed by atoms with Crippen LogP contribution < -0.4 is 5.73 Å². The van der Waals surface area contributed by atoms with Gasteiger partial charge in [0.05, 0.1) is 0 Å². The number of carbonyl (C=O) groups is 1. The van der Waals surface area contributed by atoms with E-state index in [0.717, 1.165) is 19.3 Å². The third kappa shape index (κ3) is 0.966. The van der Waals surface area contributed by atoms with E-state index in [1.54, 1.807) is 6.92 Å². The number of Topliss-reactive ketones (excluding diaryl/α,β-unsaturated/α-hetero) is 1. The first kappa shape index (κ1) is 7.73. The van der Waals surface area contributed by atoms with E-state index in [9.17, 15) is 4.79 Å². The molecule has 0 radical (unpaired) electrons. The van der Waals surface area contributed by atoms with E-state index in [1.165, 1.54) is 0 Å². The van der Waals surface area contributed by atoms with Crippen molar-refractivity contribution < 1.29 is 4.79 Å². The summed E-state index contributed by atoms with van der Waals surface area (Å²) in [5, 5.41) is 0. The second-order valence-electron chi connectivity index (χ2n) is 3.47. The number of hydrogen-bond donors (Lipinski definition) is 1. The monoisotopic (exact) mass is 141 g/mol. The van der Waals surface area contributed by atoms with Crippen LogP contribution in [-0.4, -0.2) is 11.8 Å². The minimum Gasteiger partial charge on any atom is -0.327 e. The summed E-state index contributed by atoms with van der Waals surface area (Å²) in [7, 11) is 0. The van der Waals surface area contributed by atoms with Crippen LogP contribution in [0.1, 0.15) is 33.1 Å². The Kier molecular flexibility index (Phi) is 1.82. The van der Waals surface area contributed by atoms with E-state index in [-0.39, 0.29) is 17.2 Å². The maximum absolute atomic E-state index is 11.1. The van der Waals surface area contributed by atoms with Crippen molar-refractivity contribution in [1.82, 2.24) is 0 Å². The predicted molar refractivity (Wildman–Crippen MR) is 40.6 cm³/mol. The van der Waals surface area contributed by atoms with Gasteiger partial charge in [-0.15, -0.1) is 0 Å². The van der Waals surface area contributed by atoms with E-state index in [2.05, 4.69) is 0 Å². The summed E-state index contributed by atoms with van der Waals surface area (Å²) in [6, 6.07) is 0.102.